The van der Waals surface area contributed by atoms with Crippen LogP contribution < -0.4 is 5.32 Å². The molecule has 0 aromatic carbocycles. The molecule has 2 aliphatic rings. The molecule has 6 heteroatoms. The number of urea groups is 1. The lowest BCUT2D eigenvalue weighted by atomic mass is 10.0. The van der Waals surface area contributed by atoms with Gasteiger partial charge in [0.2, 0.25) is 0 Å². The van der Waals surface area contributed by atoms with E-state index in [1.54, 1.807) is 0 Å². The van der Waals surface area contributed by atoms with Gasteiger partial charge in [-0.1, -0.05) is 13.0 Å². The molecule has 0 spiro atoms. The summed E-state index contributed by atoms with van der Waals surface area (Å²) < 4.78 is 5.43. The van der Waals surface area contributed by atoms with Crippen molar-refractivity contribution in [2.45, 2.75) is 26.3 Å². The number of hydrogen-bond acceptors (Lipinski definition) is 4. The Balaban J connectivity index is 1.45. The molecule has 2 fully saturated rings. The smallest absolute Gasteiger partial charge is 0.317 e. The van der Waals surface area contributed by atoms with Crippen molar-refractivity contribution < 1.29 is 9.53 Å². The monoisotopic (exact) mass is 332 g/mol. The van der Waals surface area contributed by atoms with E-state index >= 15 is 0 Å². The third-order valence-corrected chi connectivity index (χ3v) is 4.98. The molecule has 0 saturated carbocycles. The van der Waals surface area contributed by atoms with Crippen molar-refractivity contribution >= 4 is 6.03 Å². The first-order valence-corrected chi connectivity index (χ1v) is 8.90. The van der Waals surface area contributed by atoms with Gasteiger partial charge in [0.05, 0.1) is 13.2 Å². The number of morpholine rings is 1. The van der Waals surface area contributed by atoms with Crippen molar-refractivity contribution in [2.75, 3.05) is 45.9 Å². The van der Waals surface area contributed by atoms with E-state index in [2.05, 4.69) is 22.1 Å². The number of rotatable bonds is 4. The second-order valence-electron chi connectivity index (χ2n) is 6.85. The van der Waals surface area contributed by atoms with Gasteiger partial charge in [-0.05, 0) is 25.0 Å². The largest absolute Gasteiger partial charge is 0.379 e. The molecule has 2 saturated heterocycles. The van der Waals surface area contributed by atoms with Crippen molar-refractivity contribution in [3.63, 3.8) is 0 Å². The number of carbonyl (C=O) groups is 1. The third-order valence-electron chi connectivity index (χ3n) is 4.98. The van der Waals surface area contributed by atoms with E-state index < -0.39 is 0 Å². The average molecular weight is 332 g/mol. The van der Waals surface area contributed by atoms with Crippen molar-refractivity contribution in [2.24, 2.45) is 5.92 Å². The second-order valence-corrected chi connectivity index (χ2v) is 6.85. The predicted octanol–water partition coefficient (Wildman–Crippen LogP) is 1.29. The lowest BCUT2D eigenvalue weighted by Gasteiger charge is -2.33. The average Bonchev–Trinajstić information content (AvgIpc) is 2.98. The molecule has 6 nitrogen and oxygen atoms in total. The number of hydrogen-bond donors (Lipinski definition) is 1. The van der Waals surface area contributed by atoms with Gasteiger partial charge < -0.3 is 15.0 Å². The minimum Gasteiger partial charge on any atom is -0.379 e. The molecule has 1 aromatic rings. The predicted molar refractivity (Wildman–Crippen MR) is 93.0 cm³/mol. The highest BCUT2D eigenvalue weighted by Crippen LogP contribution is 2.22. The quantitative estimate of drug-likeness (QED) is 0.903. The molecule has 2 atom stereocenters. The number of ether oxygens (including phenoxy) is 1. The fourth-order valence-electron chi connectivity index (χ4n) is 3.65. The Labute approximate surface area is 144 Å². The van der Waals surface area contributed by atoms with Crippen LogP contribution in [0.2, 0.25) is 0 Å². The summed E-state index contributed by atoms with van der Waals surface area (Å²) >= 11 is 0. The molecular weight excluding hydrogens is 304 g/mol. The highest BCUT2D eigenvalue weighted by molar-refractivity contribution is 5.74. The summed E-state index contributed by atoms with van der Waals surface area (Å²) in [4.78, 5) is 21.3. The first-order chi connectivity index (χ1) is 11.6. The lowest BCUT2D eigenvalue weighted by molar-refractivity contribution is 0.0123. The third kappa shape index (κ3) is 4.24. The van der Waals surface area contributed by atoms with Crippen molar-refractivity contribution in [1.29, 1.82) is 0 Å². The van der Waals surface area contributed by atoms with E-state index in [0.29, 0.717) is 18.5 Å². The molecular formula is C18H28N4O2. The number of amides is 2. The Morgan fingerprint density at radius 2 is 2.12 bits per heavy atom. The second kappa shape index (κ2) is 7.94. The highest BCUT2D eigenvalue weighted by Gasteiger charge is 2.36. The van der Waals surface area contributed by atoms with Crippen LogP contribution in [0.4, 0.5) is 4.79 Å². The van der Waals surface area contributed by atoms with Crippen LogP contribution in [0.15, 0.2) is 18.2 Å². The summed E-state index contributed by atoms with van der Waals surface area (Å²) in [6.07, 6.45) is 0.768. The first-order valence-electron chi connectivity index (χ1n) is 8.90. The highest BCUT2D eigenvalue weighted by atomic mass is 16.5. The summed E-state index contributed by atoms with van der Waals surface area (Å²) in [5, 5.41) is 3.04. The lowest BCUT2D eigenvalue weighted by Crippen LogP contribution is -2.47. The van der Waals surface area contributed by atoms with Crippen LogP contribution in [-0.4, -0.2) is 72.8 Å². The van der Waals surface area contributed by atoms with Gasteiger partial charge in [-0.3, -0.25) is 9.88 Å². The number of pyridine rings is 1. The summed E-state index contributed by atoms with van der Waals surface area (Å²) in [6.45, 7) is 10.1. The van der Waals surface area contributed by atoms with E-state index in [-0.39, 0.29) is 6.03 Å². The molecule has 132 valence electrons. The van der Waals surface area contributed by atoms with Gasteiger partial charge in [0.25, 0.3) is 0 Å². The molecule has 24 heavy (non-hydrogen) atoms. The molecule has 3 heterocycles. The molecule has 0 unspecified atom stereocenters. The van der Waals surface area contributed by atoms with Gasteiger partial charge in [0.1, 0.15) is 0 Å². The standard InChI is InChI=1S/C18H28N4O2/c1-14-12-22(13-17(14)21-8-10-24-11-9-21)18(23)19-7-6-16-5-3-4-15(2)20-16/h3-5,14,17H,6-13H2,1-2H3,(H,19,23)/t14-,17-/m1/s1. The first kappa shape index (κ1) is 17.2. The van der Waals surface area contributed by atoms with Gasteiger partial charge in [-0.25, -0.2) is 4.79 Å². The maximum Gasteiger partial charge on any atom is 0.317 e. The molecule has 2 aliphatic heterocycles. The SMILES string of the molecule is Cc1cccc(CCNC(=O)N2C[C@@H](C)[C@H](N3CCOCC3)C2)n1. The summed E-state index contributed by atoms with van der Waals surface area (Å²) in [5.41, 5.74) is 2.04. The van der Waals surface area contributed by atoms with Crippen LogP contribution in [0.5, 0.6) is 0 Å². The van der Waals surface area contributed by atoms with Gasteiger partial charge in [-0.15, -0.1) is 0 Å². The molecule has 1 aromatic heterocycles. The number of aromatic nitrogens is 1. The van der Waals surface area contributed by atoms with E-state index in [9.17, 15) is 4.79 Å². The zero-order valence-electron chi connectivity index (χ0n) is 14.7. The van der Waals surface area contributed by atoms with E-state index in [1.165, 1.54) is 0 Å². The van der Waals surface area contributed by atoms with E-state index in [0.717, 1.165) is 57.2 Å². The number of aryl methyl sites for hydroxylation is 1. The van der Waals surface area contributed by atoms with Crippen LogP contribution in [0.25, 0.3) is 0 Å². The normalized spacial score (nSPS) is 25.0. The zero-order valence-corrected chi connectivity index (χ0v) is 14.7. The summed E-state index contributed by atoms with van der Waals surface area (Å²) in [6, 6.07) is 6.50. The topological polar surface area (TPSA) is 57.7 Å². The fraction of sp³-hybridized carbons (Fsp3) is 0.667. The van der Waals surface area contributed by atoms with Crippen LogP contribution in [0.1, 0.15) is 18.3 Å². The van der Waals surface area contributed by atoms with Gasteiger partial charge in [0, 0.05) is 56.6 Å². The number of nitrogens with zero attached hydrogens (tertiary/aromatic N) is 3. The molecule has 0 radical (unpaired) electrons. The maximum absolute atomic E-state index is 12.4. The Kier molecular flexibility index (Phi) is 5.68. The van der Waals surface area contributed by atoms with Crippen molar-refractivity contribution in [3.05, 3.63) is 29.6 Å². The summed E-state index contributed by atoms with van der Waals surface area (Å²) in [5.74, 6) is 0.507. The maximum atomic E-state index is 12.4. The van der Waals surface area contributed by atoms with Crippen LogP contribution in [0, 0.1) is 12.8 Å². The van der Waals surface area contributed by atoms with Crippen LogP contribution >= 0.6 is 0 Å². The molecule has 2 amide bonds. The molecule has 1 N–H and O–H groups in total. The number of likely N-dealkylation sites (tertiary alicyclic amines) is 1. The Bertz CT molecular complexity index is 560. The van der Waals surface area contributed by atoms with E-state index in [4.69, 9.17) is 4.74 Å². The minimum absolute atomic E-state index is 0.0465. The Hall–Kier alpha value is -1.66. The van der Waals surface area contributed by atoms with Gasteiger partial charge in [0.15, 0.2) is 0 Å². The van der Waals surface area contributed by atoms with Gasteiger partial charge >= 0.3 is 6.03 Å². The van der Waals surface area contributed by atoms with Crippen molar-refractivity contribution in [3.8, 4) is 0 Å². The zero-order chi connectivity index (χ0) is 16.9. The molecule has 0 aliphatic carbocycles. The number of carbonyl (C=O) groups excluding carboxylic acids is 1. The van der Waals surface area contributed by atoms with Crippen LogP contribution in [0.3, 0.4) is 0 Å². The Morgan fingerprint density at radius 1 is 1.33 bits per heavy atom. The van der Waals surface area contributed by atoms with E-state index in [1.807, 2.05) is 30.0 Å². The van der Waals surface area contributed by atoms with Crippen LogP contribution in [-0.2, 0) is 11.2 Å². The minimum atomic E-state index is 0.0465. The molecule has 0 bridgehead atoms. The molecule has 3 rings (SSSR count). The Morgan fingerprint density at radius 3 is 2.88 bits per heavy atom. The summed E-state index contributed by atoms with van der Waals surface area (Å²) in [7, 11) is 0. The number of nitrogens with one attached hydrogen (secondary N) is 1. The van der Waals surface area contributed by atoms with Crippen molar-refractivity contribution in [1.82, 2.24) is 20.1 Å². The van der Waals surface area contributed by atoms with Gasteiger partial charge in [-0.2, -0.15) is 0 Å². The fourth-order valence-corrected chi connectivity index (χ4v) is 3.65.